The van der Waals surface area contributed by atoms with Crippen LogP contribution < -0.4 is 5.32 Å². The van der Waals surface area contributed by atoms with E-state index < -0.39 is 28.6 Å². The second-order valence-electron chi connectivity index (χ2n) is 4.23. The molecule has 122 valence electrons. The standard InChI is InChI=1S/C13H6Cl2F3NO3S/c14-5-1-2-6(7(15)3-5)9-4-8(10(23-9)11(20)21)19-12(22)13(16,17)18/h1-4H,(H,19,22)(H,20,21). The number of thiophene rings is 1. The van der Waals surface area contributed by atoms with E-state index in [1.165, 1.54) is 18.2 Å². The monoisotopic (exact) mass is 383 g/mol. The van der Waals surface area contributed by atoms with Gasteiger partial charge in [0.1, 0.15) is 4.88 Å². The van der Waals surface area contributed by atoms with Crippen molar-refractivity contribution < 1.29 is 27.9 Å². The number of halogens is 5. The predicted molar refractivity (Wildman–Crippen MR) is 81.4 cm³/mol. The van der Waals surface area contributed by atoms with Gasteiger partial charge in [0.15, 0.2) is 0 Å². The van der Waals surface area contributed by atoms with Crippen molar-refractivity contribution in [3.8, 4) is 10.4 Å². The first-order valence-corrected chi connectivity index (χ1v) is 7.37. The Kier molecular flexibility index (Phi) is 4.88. The molecule has 1 aromatic heterocycles. The van der Waals surface area contributed by atoms with Crippen LogP contribution in [0.4, 0.5) is 18.9 Å². The number of aromatic carboxylic acids is 1. The summed E-state index contributed by atoms with van der Waals surface area (Å²) in [6, 6.07) is 5.52. The number of anilines is 1. The molecule has 2 N–H and O–H groups in total. The zero-order valence-electron chi connectivity index (χ0n) is 10.9. The van der Waals surface area contributed by atoms with E-state index in [0.29, 0.717) is 21.9 Å². The lowest BCUT2D eigenvalue weighted by Crippen LogP contribution is -2.30. The molecule has 4 nitrogen and oxygen atoms in total. The van der Waals surface area contributed by atoms with Crippen LogP contribution in [0.5, 0.6) is 0 Å². The largest absolute Gasteiger partial charge is 0.477 e. The maximum atomic E-state index is 12.3. The highest BCUT2D eigenvalue weighted by Crippen LogP contribution is 2.39. The van der Waals surface area contributed by atoms with Gasteiger partial charge in [-0.15, -0.1) is 11.3 Å². The molecule has 23 heavy (non-hydrogen) atoms. The van der Waals surface area contributed by atoms with Crippen molar-refractivity contribution in [2.45, 2.75) is 6.18 Å². The second kappa shape index (κ2) is 6.38. The van der Waals surface area contributed by atoms with Gasteiger partial charge in [-0.25, -0.2) is 4.79 Å². The van der Waals surface area contributed by atoms with Crippen LogP contribution in [0.3, 0.4) is 0 Å². The summed E-state index contributed by atoms with van der Waals surface area (Å²) in [4.78, 5) is 22.0. The van der Waals surface area contributed by atoms with E-state index >= 15 is 0 Å². The Morgan fingerprint density at radius 1 is 1.17 bits per heavy atom. The van der Waals surface area contributed by atoms with E-state index in [2.05, 4.69) is 0 Å². The minimum atomic E-state index is -5.13. The van der Waals surface area contributed by atoms with Crippen LogP contribution in [0.25, 0.3) is 10.4 Å². The van der Waals surface area contributed by atoms with Crippen LogP contribution >= 0.6 is 34.5 Å². The van der Waals surface area contributed by atoms with Gasteiger partial charge in [-0.2, -0.15) is 13.2 Å². The van der Waals surface area contributed by atoms with Gasteiger partial charge in [-0.1, -0.05) is 29.3 Å². The summed E-state index contributed by atoms with van der Waals surface area (Å²) in [6.07, 6.45) is -5.13. The normalized spacial score (nSPS) is 11.3. The summed E-state index contributed by atoms with van der Waals surface area (Å²) in [5, 5.41) is 11.2. The Hall–Kier alpha value is -1.77. The fraction of sp³-hybridized carbons (Fsp3) is 0.0769. The summed E-state index contributed by atoms with van der Waals surface area (Å²) >= 11 is 12.4. The molecule has 2 rings (SSSR count). The number of amides is 1. The summed E-state index contributed by atoms with van der Waals surface area (Å²) in [7, 11) is 0. The number of carbonyl (C=O) groups excluding carboxylic acids is 1. The highest BCUT2D eigenvalue weighted by atomic mass is 35.5. The molecule has 0 aliphatic rings. The van der Waals surface area contributed by atoms with Crippen molar-refractivity contribution in [2.24, 2.45) is 0 Å². The maximum Gasteiger partial charge on any atom is 0.471 e. The lowest BCUT2D eigenvalue weighted by Gasteiger charge is -2.06. The second-order valence-corrected chi connectivity index (χ2v) is 6.13. The lowest BCUT2D eigenvalue weighted by atomic mass is 10.2. The fourth-order valence-electron chi connectivity index (χ4n) is 1.66. The third kappa shape index (κ3) is 3.95. The lowest BCUT2D eigenvalue weighted by molar-refractivity contribution is -0.167. The Bertz CT molecular complexity index is 789. The van der Waals surface area contributed by atoms with E-state index in [0.717, 1.165) is 6.07 Å². The number of carboxylic acid groups (broad SMARTS) is 1. The SMILES string of the molecule is O=C(O)c1sc(-c2ccc(Cl)cc2Cl)cc1NC(=O)C(F)(F)F. The number of nitrogens with one attached hydrogen (secondary N) is 1. The van der Waals surface area contributed by atoms with Gasteiger partial charge >= 0.3 is 18.1 Å². The first-order chi connectivity index (χ1) is 10.6. The molecule has 0 unspecified atom stereocenters. The first kappa shape index (κ1) is 17.6. The molecule has 0 fully saturated rings. The molecule has 1 aromatic carbocycles. The fourth-order valence-corrected chi connectivity index (χ4v) is 3.22. The molecule has 0 spiro atoms. The molecule has 0 radical (unpaired) electrons. The van der Waals surface area contributed by atoms with Gasteiger partial charge < -0.3 is 10.4 Å². The Morgan fingerprint density at radius 2 is 1.83 bits per heavy atom. The van der Waals surface area contributed by atoms with Gasteiger partial charge in [0.2, 0.25) is 0 Å². The summed E-state index contributed by atoms with van der Waals surface area (Å²) in [5.74, 6) is -3.73. The van der Waals surface area contributed by atoms with E-state index in [4.69, 9.17) is 28.3 Å². The summed E-state index contributed by atoms with van der Waals surface area (Å²) in [5.41, 5.74) is -0.0677. The Morgan fingerprint density at radius 3 is 2.35 bits per heavy atom. The van der Waals surface area contributed by atoms with Crippen molar-refractivity contribution >= 4 is 52.1 Å². The topological polar surface area (TPSA) is 66.4 Å². The number of hydrogen-bond donors (Lipinski definition) is 2. The molecule has 0 atom stereocenters. The third-order valence-corrected chi connectivity index (χ3v) is 4.33. The zero-order valence-corrected chi connectivity index (χ0v) is 13.2. The van der Waals surface area contributed by atoms with Gasteiger partial charge in [-0.3, -0.25) is 4.79 Å². The van der Waals surface area contributed by atoms with Crippen LogP contribution in [0, 0.1) is 0 Å². The molecule has 1 heterocycles. The minimum Gasteiger partial charge on any atom is -0.477 e. The number of rotatable bonds is 3. The highest BCUT2D eigenvalue weighted by molar-refractivity contribution is 7.18. The summed E-state index contributed by atoms with van der Waals surface area (Å²) < 4.78 is 36.9. The van der Waals surface area contributed by atoms with E-state index in [-0.39, 0.29) is 9.90 Å². The third-order valence-electron chi connectivity index (χ3n) is 2.63. The molecule has 0 aliphatic heterocycles. The molecule has 0 aliphatic carbocycles. The van der Waals surface area contributed by atoms with Gasteiger partial charge in [0, 0.05) is 15.5 Å². The smallest absolute Gasteiger partial charge is 0.471 e. The Labute approximate surface area is 141 Å². The molecule has 10 heteroatoms. The van der Waals surface area contributed by atoms with Crippen LogP contribution in [-0.4, -0.2) is 23.2 Å². The van der Waals surface area contributed by atoms with E-state index in [1.54, 1.807) is 5.32 Å². The van der Waals surface area contributed by atoms with Crippen LogP contribution in [0.15, 0.2) is 24.3 Å². The van der Waals surface area contributed by atoms with Crippen molar-refractivity contribution in [1.82, 2.24) is 0 Å². The van der Waals surface area contributed by atoms with Gasteiger partial charge in [-0.05, 0) is 18.2 Å². The summed E-state index contributed by atoms with van der Waals surface area (Å²) in [6.45, 7) is 0. The van der Waals surface area contributed by atoms with Crippen LogP contribution in [0.2, 0.25) is 10.0 Å². The molecule has 2 aromatic rings. The van der Waals surface area contributed by atoms with Crippen molar-refractivity contribution in [3.05, 3.63) is 39.2 Å². The Balaban J connectivity index is 2.47. The van der Waals surface area contributed by atoms with E-state index in [9.17, 15) is 22.8 Å². The molecular formula is C13H6Cl2F3NO3S. The van der Waals surface area contributed by atoms with E-state index in [1.807, 2.05) is 0 Å². The quantitative estimate of drug-likeness (QED) is 0.790. The number of alkyl halides is 3. The number of carbonyl (C=O) groups is 2. The molecule has 0 saturated carbocycles. The molecule has 1 amide bonds. The molecule has 0 bridgehead atoms. The van der Waals surface area contributed by atoms with Crippen LogP contribution in [-0.2, 0) is 4.79 Å². The average molecular weight is 384 g/mol. The highest BCUT2D eigenvalue weighted by Gasteiger charge is 2.39. The predicted octanol–water partition coefficient (Wildman–Crippen LogP) is 4.92. The van der Waals surface area contributed by atoms with Gasteiger partial charge in [0.05, 0.1) is 10.7 Å². The minimum absolute atomic E-state index is 0.199. The van der Waals surface area contributed by atoms with Crippen molar-refractivity contribution in [3.63, 3.8) is 0 Å². The van der Waals surface area contributed by atoms with Gasteiger partial charge in [0.25, 0.3) is 0 Å². The average Bonchev–Trinajstić information content (AvgIpc) is 2.81. The molecular weight excluding hydrogens is 378 g/mol. The number of carboxylic acids is 1. The maximum absolute atomic E-state index is 12.3. The number of benzene rings is 1. The molecule has 0 saturated heterocycles. The number of hydrogen-bond acceptors (Lipinski definition) is 3. The van der Waals surface area contributed by atoms with Crippen molar-refractivity contribution in [1.29, 1.82) is 0 Å². The van der Waals surface area contributed by atoms with Crippen LogP contribution in [0.1, 0.15) is 9.67 Å². The zero-order chi connectivity index (χ0) is 17.4. The van der Waals surface area contributed by atoms with Crippen molar-refractivity contribution in [2.75, 3.05) is 5.32 Å². The first-order valence-electron chi connectivity index (χ1n) is 5.80.